The summed E-state index contributed by atoms with van der Waals surface area (Å²) in [6.07, 6.45) is 1.87. The van der Waals surface area contributed by atoms with Crippen molar-refractivity contribution in [2.24, 2.45) is 5.73 Å². The topological polar surface area (TPSA) is 46.3 Å². The van der Waals surface area contributed by atoms with Crippen LogP contribution in [0.25, 0.3) is 0 Å². The fourth-order valence-electron chi connectivity index (χ4n) is 2.32. The van der Waals surface area contributed by atoms with Gasteiger partial charge in [-0.05, 0) is 37.5 Å². The zero-order valence-electron chi connectivity index (χ0n) is 10.2. The summed E-state index contributed by atoms with van der Waals surface area (Å²) in [6.45, 7) is 2.75. The molecule has 2 N–H and O–H groups in total. The van der Waals surface area contributed by atoms with Gasteiger partial charge in [-0.3, -0.25) is 4.79 Å². The number of aryl methyl sites for hydroxylation is 1. The van der Waals surface area contributed by atoms with Gasteiger partial charge in [0.15, 0.2) is 0 Å². The minimum absolute atomic E-state index is 0.0684. The highest BCUT2D eigenvalue weighted by Crippen LogP contribution is 2.25. The van der Waals surface area contributed by atoms with Crippen LogP contribution < -0.4 is 5.73 Å². The van der Waals surface area contributed by atoms with Gasteiger partial charge >= 0.3 is 0 Å². The van der Waals surface area contributed by atoms with Crippen LogP contribution in [0.2, 0.25) is 5.02 Å². The van der Waals surface area contributed by atoms with Gasteiger partial charge in [-0.15, -0.1) is 0 Å². The first-order chi connectivity index (χ1) is 8.54. The Hall–Kier alpha value is -1.13. The molecule has 1 aliphatic heterocycles. The summed E-state index contributed by atoms with van der Waals surface area (Å²) >= 11 is 5.95. The van der Waals surface area contributed by atoms with Gasteiger partial charge < -0.3 is 10.6 Å². The van der Waals surface area contributed by atoms with Crippen molar-refractivity contribution in [3.8, 4) is 0 Å². The van der Waals surface area contributed by atoms with Gasteiger partial charge in [-0.25, -0.2) is 4.39 Å². The Balaban J connectivity index is 2.31. The van der Waals surface area contributed by atoms with Crippen molar-refractivity contribution in [2.45, 2.75) is 25.8 Å². The highest BCUT2D eigenvalue weighted by Gasteiger charge is 2.29. The molecule has 3 nitrogen and oxygen atoms in total. The second-order valence-electron chi connectivity index (χ2n) is 4.61. The maximum absolute atomic E-state index is 13.3. The van der Waals surface area contributed by atoms with Gasteiger partial charge in [0, 0.05) is 19.1 Å². The Bertz CT molecular complexity index is 478. The third-order valence-corrected chi connectivity index (χ3v) is 3.70. The van der Waals surface area contributed by atoms with Crippen molar-refractivity contribution >= 4 is 17.5 Å². The first-order valence-electron chi connectivity index (χ1n) is 6.01. The number of amides is 1. The zero-order chi connectivity index (χ0) is 13.3. The van der Waals surface area contributed by atoms with Crippen molar-refractivity contribution in [3.05, 3.63) is 34.1 Å². The first kappa shape index (κ1) is 13.3. The van der Waals surface area contributed by atoms with E-state index in [-0.39, 0.29) is 17.0 Å². The Morgan fingerprint density at radius 3 is 3.00 bits per heavy atom. The number of hydrogen-bond acceptors (Lipinski definition) is 2. The Morgan fingerprint density at radius 2 is 2.33 bits per heavy atom. The molecular formula is C13H16ClFN2O. The molecule has 98 valence electrons. The van der Waals surface area contributed by atoms with E-state index in [1.165, 1.54) is 12.1 Å². The maximum atomic E-state index is 13.3. The van der Waals surface area contributed by atoms with Crippen molar-refractivity contribution in [1.29, 1.82) is 0 Å². The molecule has 0 radical (unpaired) electrons. The fourth-order valence-corrected chi connectivity index (χ4v) is 2.56. The average Bonchev–Trinajstić information content (AvgIpc) is 2.81. The molecule has 1 aromatic rings. The standard InChI is InChI=1S/C13H16ClFN2O/c1-8-5-10(11(14)6-12(8)15)13(18)17-4-2-3-9(17)7-16/h5-6,9H,2-4,7,16H2,1H3/t9-/m0/s1. The van der Waals surface area contributed by atoms with Crippen LogP contribution >= 0.6 is 11.6 Å². The summed E-state index contributed by atoms with van der Waals surface area (Å²) < 4.78 is 13.3. The average molecular weight is 271 g/mol. The SMILES string of the molecule is Cc1cc(C(=O)N2CCC[C@H]2CN)c(Cl)cc1F. The molecule has 2 rings (SSSR count). The van der Waals surface area contributed by atoms with Crippen molar-refractivity contribution < 1.29 is 9.18 Å². The summed E-state index contributed by atoms with van der Waals surface area (Å²) in [6, 6.07) is 2.77. The van der Waals surface area contributed by atoms with E-state index in [2.05, 4.69) is 0 Å². The van der Waals surface area contributed by atoms with E-state index in [9.17, 15) is 9.18 Å². The van der Waals surface area contributed by atoms with Gasteiger partial charge in [0.25, 0.3) is 5.91 Å². The number of carbonyl (C=O) groups excluding carboxylic acids is 1. The van der Waals surface area contributed by atoms with Crippen LogP contribution in [0, 0.1) is 12.7 Å². The molecule has 5 heteroatoms. The molecule has 1 atom stereocenters. The molecule has 18 heavy (non-hydrogen) atoms. The predicted molar refractivity (Wildman–Crippen MR) is 69.3 cm³/mol. The molecule has 1 saturated heterocycles. The lowest BCUT2D eigenvalue weighted by molar-refractivity contribution is 0.0741. The number of carbonyl (C=O) groups is 1. The van der Waals surface area contributed by atoms with E-state index >= 15 is 0 Å². The third-order valence-electron chi connectivity index (χ3n) is 3.39. The lowest BCUT2D eigenvalue weighted by atomic mass is 10.1. The third kappa shape index (κ3) is 2.35. The summed E-state index contributed by atoms with van der Waals surface area (Å²) in [5, 5.41) is 0.158. The van der Waals surface area contributed by atoms with Crippen LogP contribution in [-0.2, 0) is 0 Å². The minimum Gasteiger partial charge on any atom is -0.334 e. The highest BCUT2D eigenvalue weighted by molar-refractivity contribution is 6.33. The molecule has 1 fully saturated rings. The number of nitrogens with two attached hydrogens (primary N) is 1. The monoisotopic (exact) mass is 270 g/mol. The van der Waals surface area contributed by atoms with E-state index < -0.39 is 5.82 Å². The predicted octanol–water partition coefficient (Wildman–Crippen LogP) is 2.35. The molecule has 0 saturated carbocycles. The molecule has 0 aliphatic carbocycles. The number of hydrogen-bond donors (Lipinski definition) is 1. The lowest BCUT2D eigenvalue weighted by Gasteiger charge is -2.24. The molecule has 1 aromatic carbocycles. The normalized spacial score (nSPS) is 19.3. The van der Waals surface area contributed by atoms with Crippen LogP contribution in [0.5, 0.6) is 0 Å². The summed E-state index contributed by atoms with van der Waals surface area (Å²) in [5.41, 5.74) is 6.43. The smallest absolute Gasteiger partial charge is 0.255 e. The molecule has 0 aromatic heterocycles. The van der Waals surface area contributed by atoms with Gasteiger partial charge in [0.05, 0.1) is 10.6 Å². The Kier molecular flexibility index (Phi) is 3.88. The number of nitrogens with zero attached hydrogens (tertiary/aromatic N) is 1. The number of benzene rings is 1. The Labute approximate surface area is 111 Å². The van der Waals surface area contributed by atoms with Crippen molar-refractivity contribution in [2.75, 3.05) is 13.1 Å². The van der Waals surface area contributed by atoms with Crippen LogP contribution in [0.4, 0.5) is 4.39 Å². The highest BCUT2D eigenvalue weighted by atomic mass is 35.5. The summed E-state index contributed by atoms with van der Waals surface area (Å²) in [4.78, 5) is 14.1. The maximum Gasteiger partial charge on any atom is 0.255 e. The van der Waals surface area contributed by atoms with Crippen LogP contribution in [0.1, 0.15) is 28.8 Å². The Morgan fingerprint density at radius 1 is 1.61 bits per heavy atom. The zero-order valence-corrected chi connectivity index (χ0v) is 11.0. The summed E-state index contributed by atoms with van der Waals surface area (Å²) in [7, 11) is 0. The fraction of sp³-hybridized carbons (Fsp3) is 0.462. The molecule has 1 heterocycles. The van der Waals surface area contributed by atoms with E-state index in [4.69, 9.17) is 17.3 Å². The van der Waals surface area contributed by atoms with Crippen LogP contribution in [0.15, 0.2) is 12.1 Å². The molecule has 0 unspecified atom stereocenters. The molecule has 0 spiro atoms. The first-order valence-corrected chi connectivity index (χ1v) is 6.39. The van der Waals surface area contributed by atoms with E-state index in [1.54, 1.807) is 11.8 Å². The second kappa shape index (κ2) is 5.24. The number of rotatable bonds is 2. The van der Waals surface area contributed by atoms with Gasteiger partial charge in [-0.2, -0.15) is 0 Å². The molecular weight excluding hydrogens is 255 g/mol. The lowest BCUT2D eigenvalue weighted by Crippen LogP contribution is -2.40. The molecule has 1 aliphatic rings. The minimum atomic E-state index is -0.395. The second-order valence-corrected chi connectivity index (χ2v) is 5.02. The van der Waals surface area contributed by atoms with Gasteiger partial charge in [-0.1, -0.05) is 11.6 Å². The van der Waals surface area contributed by atoms with Crippen LogP contribution in [0.3, 0.4) is 0 Å². The quantitative estimate of drug-likeness (QED) is 0.897. The molecule has 1 amide bonds. The van der Waals surface area contributed by atoms with Crippen LogP contribution in [-0.4, -0.2) is 29.9 Å². The van der Waals surface area contributed by atoms with Gasteiger partial charge in [0.1, 0.15) is 5.82 Å². The number of likely N-dealkylation sites (tertiary alicyclic amines) is 1. The van der Waals surface area contributed by atoms with E-state index in [1.807, 2.05) is 0 Å². The molecule has 0 bridgehead atoms. The summed E-state index contributed by atoms with van der Waals surface area (Å²) in [5.74, 6) is -0.551. The largest absolute Gasteiger partial charge is 0.334 e. The van der Waals surface area contributed by atoms with Crippen molar-refractivity contribution in [3.63, 3.8) is 0 Å². The number of halogens is 2. The van der Waals surface area contributed by atoms with Crippen molar-refractivity contribution in [1.82, 2.24) is 4.90 Å². The van der Waals surface area contributed by atoms with E-state index in [0.29, 0.717) is 24.2 Å². The van der Waals surface area contributed by atoms with Gasteiger partial charge in [0.2, 0.25) is 0 Å². The van der Waals surface area contributed by atoms with E-state index in [0.717, 1.165) is 12.8 Å².